The van der Waals surface area contributed by atoms with Gasteiger partial charge in [0.25, 0.3) is 0 Å². The van der Waals surface area contributed by atoms with Gasteiger partial charge in [0.2, 0.25) is 5.91 Å². The van der Waals surface area contributed by atoms with Gasteiger partial charge < -0.3 is 10.3 Å². The van der Waals surface area contributed by atoms with Crippen LogP contribution < -0.4 is 5.32 Å². The average Bonchev–Trinajstić information content (AvgIpc) is 2.84. The maximum absolute atomic E-state index is 11.9. The lowest BCUT2D eigenvalue weighted by molar-refractivity contribution is -0.128. The van der Waals surface area contributed by atoms with Gasteiger partial charge in [-0.1, -0.05) is 51.1 Å². The van der Waals surface area contributed by atoms with Crippen LogP contribution in [-0.2, 0) is 11.3 Å². The molecule has 0 aliphatic heterocycles. The molecule has 0 radical (unpaired) electrons. The van der Waals surface area contributed by atoms with Gasteiger partial charge in [-0.25, -0.2) is 4.98 Å². The molecular weight excluding hydrogens is 238 g/mol. The zero-order valence-corrected chi connectivity index (χ0v) is 11.5. The summed E-state index contributed by atoms with van der Waals surface area (Å²) in [5.41, 5.74) is 2.47. The lowest BCUT2D eigenvalue weighted by Crippen LogP contribution is -2.34. The molecule has 2 aromatic rings. The van der Waals surface area contributed by atoms with Gasteiger partial charge in [-0.05, 0) is 0 Å². The molecule has 0 bridgehead atoms. The lowest BCUT2D eigenvalue weighted by Gasteiger charge is -2.17. The molecule has 100 valence electrons. The van der Waals surface area contributed by atoms with E-state index in [1.54, 1.807) is 6.33 Å². The predicted molar refractivity (Wildman–Crippen MR) is 75.3 cm³/mol. The van der Waals surface area contributed by atoms with Gasteiger partial charge in [-0.15, -0.1) is 0 Å². The number of rotatable bonds is 3. The minimum atomic E-state index is -0.382. The molecule has 1 heterocycles. The van der Waals surface area contributed by atoms with E-state index in [-0.39, 0.29) is 11.3 Å². The van der Waals surface area contributed by atoms with Gasteiger partial charge in [0, 0.05) is 11.0 Å². The van der Waals surface area contributed by atoms with Gasteiger partial charge >= 0.3 is 0 Å². The van der Waals surface area contributed by atoms with Crippen LogP contribution in [0.3, 0.4) is 0 Å². The number of nitrogens with one attached hydrogen (secondary N) is 2. The Morgan fingerprint density at radius 3 is 2.58 bits per heavy atom. The SMILES string of the molecule is CC(C)(C)C(=O)NCc1[nH]cnc1-c1ccccc1. The second-order valence-electron chi connectivity index (χ2n) is 5.53. The van der Waals surface area contributed by atoms with Crippen molar-refractivity contribution in [1.29, 1.82) is 0 Å². The van der Waals surface area contributed by atoms with E-state index in [0.29, 0.717) is 6.54 Å². The smallest absolute Gasteiger partial charge is 0.225 e. The van der Waals surface area contributed by atoms with E-state index in [4.69, 9.17) is 0 Å². The molecule has 2 N–H and O–H groups in total. The summed E-state index contributed by atoms with van der Waals surface area (Å²) >= 11 is 0. The zero-order valence-electron chi connectivity index (χ0n) is 11.5. The number of aromatic nitrogens is 2. The van der Waals surface area contributed by atoms with Crippen LogP contribution in [0.1, 0.15) is 26.5 Å². The summed E-state index contributed by atoms with van der Waals surface area (Å²) in [6.07, 6.45) is 1.65. The van der Waals surface area contributed by atoms with Gasteiger partial charge in [-0.3, -0.25) is 4.79 Å². The number of benzene rings is 1. The van der Waals surface area contributed by atoms with Crippen LogP contribution in [0.2, 0.25) is 0 Å². The van der Waals surface area contributed by atoms with Crippen molar-refractivity contribution < 1.29 is 4.79 Å². The number of aromatic amines is 1. The average molecular weight is 257 g/mol. The molecule has 0 aliphatic carbocycles. The maximum Gasteiger partial charge on any atom is 0.225 e. The first-order valence-corrected chi connectivity index (χ1v) is 6.34. The van der Waals surface area contributed by atoms with Crippen molar-refractivity contribution in [3.05, 3.63) is 42.4 Å². The van der Waals surface area contributed by atoms with E-state index >= 15 is 0 Å². The molecule has 0 atom stereocenters. The third-order valence-corrected chi connectivity index (χ3v) is 2.87. The van der Waals surface area contributed by atoms with Crippen LogP contribution in [-0.4, -0.2) is 15.9 Å². The predicted octanol–water partition coefficient (Wildman–Crippen LogP) is 2.74. The summed E-state index contributed by atoms with van der Waals surface area (Å²) in [4.78, 5) is 19.3. The third-order valence-electron chi connectivity index (χ3n) is 2.87. The molecule has 2 rings (SSSR count). The minimum absolute atomic E-state index is 0.0288. The number of hydrogen-bond acceptors (Lipinski definition) is 2. The summed E-state index contributed by atoms with van der Waals surface area (Å²) in [5.74, 6) is 0.0288. The second kappa shape index (κ2) is 5.26. The highest BCUT2D eigenvalue weighted by atomic mass is 16.2. The molecule has 4 heteroatoms. The largest absolute Gasteiger partial charge is 0.350 e. The maximum atomic E-state index is 11.9. The fraction of sp³-hybridized carbons (Fsp3) is 0.333. The molecule has 0 fully saturated rings. The number of imidazole rings is 1. The summed E-state index contributed by atoms with van der Waals surface area (Å²) in [7, 11) is 0. The molecule has 1 aromatic heterocycles. The van der Waals surface area contributed by atoms with Crippen LogP contribution in [0.5, 0.6) is 0 Å². The van der Waals surface area contributed by atoms with E-state index in [9.17, 15) is 4.79 Å². The fourth-order valence-electron chi connectivity index (χ4n) is 1.73. The normalized spacial score (nSPS) is 11.3. The standard InChI is InChI=1S/C15H19N3O/c1-15(2,3)14(19)16-9-12-13(18-10-17-12)11-7-5-4-6-8-11/h4-8,10H,9H2,1-3H3,(H,16,19)(H,17,18). The summed E-state index contributed by atoms with van der Waals surface area (Å²) in [5, 5.41) is 2.92. The molecule has 0 spiro atoms. The Labute approximate surface area is 113 Å². The van der Waals surface area contributed by atoms with Crippen LogP contribution in [0, 0.1) is 5.41 Å². The van der Waals surface area contributed by atoms with E-state index in [1.807, 2.05) is 51.1 Å². The summed E-state index contributed by atoms with van der Waals surface area (Å²) < 4.78 is 0. The number of H-pyrrole nitrogens is 1. The fourth-order valence-corrected chi connectivity index (χ4v) is 1.73. The van der Waals surface area contributed by atoms with Crippen molar-refractivity contribution >= 4 is 5.91 Å². The van der Waals surface area contributed by atoms with E-state index < -0.39 is 0 Å². The number of amides is 1. The number of nitrogens with zero attached hydrogens (tertiary/aromatic N) is 1. The quantitative estimate of drug-likeness (QED) is 0.888. The molecule has 0 saturated carbocycles. The van der Waals surface area contributed by atoms with Gasteiger partial charge in [-0.2, -0.15) is 0 Å². The Hall–Kier alpha value is -2.10. The number of carbonyl (C=O) groups excluding carboxylic acids is 1. The first-order valence-electron chi connectivity index (χ1n) is 6.34. The Morgan fingerprint density at radius 2 is 1.95 bits per heavy atom. The lowest BCUT2D eigenvalue weighted by atomic mass is 9.96. The molecule has 0 unspecified atom stereocenters. The highest BCUT2D eigenvalue weighted by Crippen LogP contribution is 2.20. The van der Waals surface area contributed by atoms with E-state index in [1.165, 1.54) is 0 Å². The number of hydrogen-bond donors (Lipinski definition) is 2. The van der Waals surface area contributed by atoms with Crippen molar-refractivity contribution in [2.24, 2.45) is 5.41 Å². The van der Waals surface area contributed by atoms with Crippen LogP contribution in [0.25, 0.3) is 11.3 Å². The van der Waals surface area contributed by atoms with Gasteiger partial charge in [0.15, 0.2) is 0 Å². The third kappa shape index (κ3) is 3.22. The summed E-state index contributed by atoms with van der Waals surface area (Å²) in [6, 6.07) is 9.93. The second-order valence-corrected chi connectivity index (χ2v) is 5.53. The highest BCUT2D eigenvalue weighted by molar-refractivity contribution is 5.81. The Bertz CT molecular complexity index is 552. The van der Waals surface area contributed by atoms with E-state index in [0.717, 1.165) is 17.0 Å². The first kappa shape index (κ1) is 13.3. The summed E-state index contributed by atoms with van der Waals surface area (Å²) in [6.45, 7) is 6.15. The van der Waals surface area contributed by atoms with Crippen molar-refractivity contribution in [1.82, 2.24) is 15.3 Å². The van der Waals surface area contributed by atoms with Crippen LogP contribution >= 0.6 is 0 Å². The monoisotopic (exact) mass is 257 g/mol. The molecule has 4 nitrogen and oxygen atoms in total. The van der Waals surface area contributed by atoms with Crippen molar-refractivity contribution in [2.45, 2.75) is 27.3 Å². The molecule has 1 amide bonds. The molecule has 0 aliphatic rings. The molecular formula is C15H19N3O. The van der Waals surface area contributed by atoms with Crippen molar-refractivity contribution in [3.63, 3.8) is 0 Å². The minimum Gasteiger partial charge on any atom is -0.350 e. The van der Waals surface area contributed by atoms with Crippen LogP contribution in [0.15, 0.2) is 36.7 Å². The van der Waals surface area contributed by atoms with E-state index in [2.05, 4.69) is 15.3 Å². The number of carbonyl (C=O) groups is 1. The first-order chi connectivity index (χ1) is 8.98. The zero-order chi connectivity index (χ0) is 13.9. The Morgan fingerprint density at radius 1 is 1.26 bits per heavy atom. The van der Waals surface area contributed by atoms with Crippen molar-refractivity contribution in [2.75, 3.05) is 0 Å². The molecule has 1 aromatic carbocycles. The van der Waals surface area contributed by atoms with Crippen molar-refractivity contribution in [3.8, 4) is 11.3 Å². The molecule has 0 saturated heterocycles. The van der Waals surface area contributed by atoms with Crippen LogP contribution in [0.4, 0.5) is 0 Å². The topological polar surface area (TPSA) is 57.8 Å². The van der Waals surface area contributed by atoms with Gasteiger partial charge in [0.1, 0.15) is 0 Å². The molecule has 19 heavy (non-hydrogen) atoms. The Kier molecular flexibility index (Phi) is 3.69. The van der Waals surface area contributed by atoms with Gasteiger partial charge in [0.05, 0.1) is 24.3 Å². The highest BCUT2D eigenvalue weighted by Gasteiger charge is 2.21. The Balaban J connectivity index is 2.11.